The Hall–Kier alpha value is -2.11. The Morgan fingerprint density at radius 2 is 2.39 bits per heavy atom. The Morgan fingerprint density at radius 1 is 1.56 bits per heavy atom. The molecule has 0 amide bonds. The summed E-state index contributed by atoms with van der Waals surface area (Å²) in [6.45, 7) is 0.769. The van der Waals surface area contributed by atoms with Gasteiger partial charge in [-0.3, -0.25) is 4.68 Å². The van der Waals surface area contributed by atoms with E-state index >= 15 is 0 Å². The number of aromatic nitrogens is 3. The second-order valence-electron chi connectivity index (χ2n) is 4.53. The van der Waals surface area contributed by atoms with Crippen molar-refractivity contribution in [3.8, 4) is 0 Å². The number of carboxylic acid groups (broad SMARTS) is 1. The highest BCUT2D eigenvalue weighted by Gasteiger charge is 2.31. The van der Waals surface area contributed by atoms with E-state index in [4.69, 9.17) is 0 Å². The zero-order chi connectivity index (χ0) is 12.7. The zero-order valence-electron chi connectivity index (χ0n) is 10.1. The number of carbonyl (C=O) groups is 1. The molecule has 94 valence electrons. The van der Waals surface area contributed by atoms with Gasteiger partial charge in [-0.25, -0.2) is 9.78 Å². The number of pyridine rings is 1. The summed E-state index contributed by atoms with van der Waals surface area (Å²) >= 11 is 0. The molecule has 1 aliphatic heterocycles. The van der Waals surface area contributed by atoms with Crippen LogP contribution in [0.2, 0.25) is 0 Å². The normalized spacial score (nSPS) is 19.6. The lowest BCUT2D eigenvalue weighted by molar-refractivity contribution is -0.138. The molecular weight excluding hydrogens is 232 g/mol. The molecule has 0 radical (unpaired) electrons. The van der Waals surface area contributed by atoms with Crippen LogP contribution in [0.5, 0.6) is 0 Å². The first-order valence-corrected chi connectivity index (χ1v) is 5.94. The number of carboxylic acids is 1. The maximum atomic E-state index is 11.2. The van der Waals surface area contributed by atoms with Crippen LogP contribution in [0.3, 0.4) is 0 Å². The third-order valence-corrected chi connectivity index (χ3v) is 3.46. The number of hydrogen-bond donors (Lipinski definition) is 1. The smallest absolute Gasteiger partial charge is 0.326 e. The van der Waals surface area contributed by atoms with Crippen LogP contribution in [0.25, 0.3) is 11.0 Å². The van der Waals surface area contributed by atoms with Crippen molar-refractivity contribution in [3.63, 3.8) is 0 Å². The van der Waals surface area contributed by atoms with Crippen molar-refractivity contribution >= 4 is 22.7 Å². The van der Waals surface area contributed by atoms with Gasteiger partial charge in [0.2, 0.25) is 0 Å². The van der Waals surface area contributed by atoms with Gasteiger partial charge in [0.05, 0.1) is 17.3 Å². The molecule has 0 aromatic carbocycles. The molecule has 1 atom stereocenters. The van der Waals surface area contributed by atoms with Gasteiger partial charge in [-0.2, -0.15) is 5.10 Å². The van der Waals surface area contributed by atoms with Crippen LogP contribution < -0.4 is 4.90 Å². The van der Waals surface area contributed by atoms with Crippen molar-refractivity contribution in [1.82, 2.24) is 14.8 Å². The predicted molar refractivity (Wildman–Crippen MR) is 66.5 cm³/mol. The fraction of sp³-hybridized carbons (Fsp3) is 0.417. The highest BCUT2D eigenvalue weighted by molar-refractivity contribution is 5.92. The Kier molecular flexibility index (Phi) is 2.43. The van der Waals surface area contributed by atoms with E-state index in [1.54, 1.807) is 17.1 Å². The molecule has 1 saturated heterocycles. The summed E-state index contributed by atoms with van der Waals surface area (Å²) < 4.78 is 1.70. The average molecular weight is 246 g/mol. The number of anilines is 1. The Balaban J connectivity index is 2.11. The first-order chi connectivity index (χ1) is 8.68. The summed E-state index contributed by atoms with van der Waals surface area (Å²) in [7, 11) is 1.83. The summed E-state index contributed by atoms with van der Waals surface area (Å²) in [5.74, 6) is -0.763. The summed E-state index contributed by atoms with van der Waals surface area (Å²) in [5.41, 5.74) is 1.70. The molecule has 0 saturated carbocycles. The maximum absolute atomic E-state index is 11.2. The van der Waals surface area contributed by atoms with Gasteiger partial charge in [0.15, 0.2) is 5.65 Å². The van der Waals surface area contributed by atoms with Crippen LogP contribution in [0, 0.1) is 0 Å². The molecule has 3 rings (SSSR count). The van der Waals surface area contributed by atoms with Crippen LogP contribution >= 0.6 is 0 Å². The quantitative estimate of drug-likeness (QED) is 0.856. The minimum Gasteiger partial charge on any atom is -0.480 e. The Morgan fingerprint density at radius 3 is 3.17 bits per heavy atom. The van der Waals surface area contributed by atoms with Crippen LogP contribution in [-0.4, -0.2) is 38.4 Å². The molecule has 0 bridgehead atoms. The molecule has 0 unspecified atom stereocenters. The number of fused-ring (bicyclic) bond motifs is 1. The van der Waals surface area contributed by atoms with Gasteiger partial charge in [0.25, 0.3) is 0 Å². The third kappa shape index (κ3) is 1.53. The van der Waals surface area contributed by atoms with Crippen molar-refractivity contribution in [2.45, 2.75) is 18.9 Å². The van der Waals surface area contributed by atoms with Gasteiger partial charge in [-0.15, -0.1) is 0 Å². The molecule has 1 fully saturated rings. The van der Waals surface area contributed by atoms with Crippen LogP contribution in [-0.2, 0) is 11.8 Å². The lowest BCUT2D eigenvalue weighted by Crippen LogP contribution is -2.35. The van der Waals surface area contributed by atoms with Crippen molar-refractivity contribution in [2.75, 3.05) is 11.4 Å². The van der Waals surface area contributed by atoms with Crippen molar-refractivity contribution in [2.24, 2.45) is 7.05 Å². The molecule has 0 spiro atoms. The van der Waals surface area contributed by atoms with E-state index in [0.29, 0.717) is 6.42 Å². The second kappa shape index (κ2) is 3.97. The number of aliphatic carboxylic acids is 1. The zero-order valence-corrected chi connectivity index (χ0v) is 10.1. The molecule has 1 N–H and O–H groups in total. The van der Waals surface area contributed by atoms with Gasteiger partial charge >= 0.3 is 5.97 Å². The molecule has 6 heteroatoms. The van der Waals surface area contributed by atoms with Crippen molar-refractivity contribution in [1.29, 1.82) is 0 Å². The van der Waals surface area contributed by atoms with Gasteiger partial charge < -0.3 is 10.0 Å². The highest BCUT2D eigenvalue weighted by atomic mass is 16.4. The second-order valence-corrected chi connectivity index (χ2v) is 4.53. The molecule has 6 nitrogen and oxygen atoms in total. The average Bonchev–Trinajstić information content (AvgIpc) is 2.96. The van der Waals surface area contributed by atoms with Crippen molar-refractivity contribution in [3.05, 3.63) is 18.5 Å². The van der Waals surface area contributed by atoms with E-state index in [-0.39, 0.29) is 0 Å². The fourth-order valence-electron chi connectivity index (χ4n) is 2.60. The Bertz CT molecular complexity index is 607. The van der Waals surface area contributed by atoms with Gasteiger partial charge in [-0.1, -0.05) is 0 Å². The molecule has 18 heavy (non-hydrogen) atoms. The third-order valence-electron chi connectivity index (χ3n) is 3.46. The van der Waals surface area contributed by atoms with E-state index in [0.717, 1.165) is 29.7 Å². The largest absolute Gasteiger partial charge is 0.480 e. The van der Waals surface area contributed by atoms with Gasteiger partial charge in [0.1, 0.15) is 6.04 Å². The minimum absolute atomic E-state index is 0.434. The first kappa shape index (κ1) is 11.0. The van der Waals surface area contributed by atoms with E-state index < -0.39 is 12.0 Å². The minimum atomic E-state index is -0.763. The number of aryl methyl sites for hydroxylation is 1. The van der Waals surface area contributed by atoms with Gasteiger partial charge in [-0.05, 0) is 18.9 Å². The predicted octanol–water partition coefficient (Wildman–Crippen LogP) is 1.02. The van der Waals surface area contributed by atoms with E-state index in [1.165, 1.54) is 0 Å². The van der Waals surface area contributed by atoms with E-state index in [2.05, 4.69) is 10.1 Å². The summed E-state index contributed by atoms with van der Waals surface area (Å²) in [5, 5.41) is 14.3. The standard InChI is InChI=1S/C12H14N4O2/c1-15-11-8(7-14-15)9(4-5-13-11)16-6-2-3-10(16)12(17)18/h4-5,7,10H,2-3,6H2,1H3,(H,17,18)/t10-/m1/s1. The Labute approximate surface area is 104 Å². The van der Waals surface area contributed by atoms with Crippen LogP contribution in [0.15, 0.2) is 18.5 Å². The van der Waals surface area contributed by atoms with Crippen LogP contribution in [0.1, 0.15) is 12.8 Å². The van der Waals surface area contributed by atoms with Gasteiger partial charge in [0, 0.05) is 19.8 Å². The first-order valence-electron chi connectivity index (χ1n) is 5.94. The number of rotatable bonds is 2. The van der Waals surface area contributed by atoms with E-state index in [9.17, 15) is 9.90 Å². The summed E-state index contributed by atoms with van der Waals surface area (Å²) in [6, 6.07) is 1.43. The fourth-order valence-corrected chi connectivity index (χ4v) is 2.60. The highest BCUT2D eigenvalue weighted by Crippen LogP contribution is 2.31. The maximum Gasteiger partial charge on any atom is 0.326 e. The number of hydrogen-bond acceptors (Lipinski definition) is 4. The van der Waals surface area contributed by atoms with Crippen molar-refractivity contribution < 1.29 is 9.90 Å². The molecule has 1 aliphatic rings. The molecular formula is C12H14N4O2. The molecule has 0 aliphatic carbocycles. The van der Waals surface area contributed by atoms with E-state index in [1.807, 2.05) is 18.0 Å². The molecule has 2 aromatic rings. The molecule has 3 heterocycles. The van der Waals surface area contributed by atoms with Crippen LogP contribution in [0.4, 0.5) is 5.69 Å². The summed E-state index contributed by atoms with van der Waals surface area (Å²) in [6.07, 6.45) is 5.05. The summed E-state index contributed by atoms with van der Waals surface area (Å²) in [4.78, 5) is 17.5. The monoisotopic (exact) mass is 246 g/mol. The lowest BCUT2D eigenvalue weighted by Gasteiger charge is -2.24. The lowest BCUT2D eigenvalue weighted by atomic mass is 10.2. The molecule has 2 aromatic heterocycles. The number of nitrogens with zero attached hydrogens (tertiary/aromatic N) is 4. The topological polar surface area (TPSA) is 71.2 Å². The SMILES string of the molecule is Cn1ncc2c(N3CCC[C@@H]3C(=O)O)ccnc21.